The van der Waals surface area contributed by atoms with Crippen molar-refractivity contribution in [2.45, 2.75) is 19.3 Å². The van der Waals surface area contributed by atoms with Crippen molar-refractivity contribution >= 4 is 11.5 Å². The standard InChI is InChI=1S/C16H10F6N2O2/c1-8(13(25)9-2-4-23-11(6-9)15(17,18)19)14(26)10-3-5-24-12(7-10)16(20,21)22/h2-7,25H,1H3. The maximum atomic E-state index is 12.7. The van der Waals surface area contributed by atoms with E-state index >= 15 is 0 Å². The summed E-state index contributed by atoms with van der Waals surface area (Å²) in [6, 6.07) is 3.06. The van der Waals surface area contributed by atoms with E-state index < -0.39 is 46.4 Å². The molecule has 0 aromatic carbocycles. The van der Waals surface area contributed by atoms with Crippen molar-refractivity contribution in [2.24, 2.45) is 0 Å². The van der Waals surface area contributed by atoms with Crippen molar-refractivity contribution in [1.82, 2.24) is 9.97 Å². The summed E-state index contributed by atoms with van der Waals surface area (Å²) in [5.74, 6) is -1.78. The molecule has 0 bridgehead atoms. The Bertz CT molecular complexity index is 872. The highest BCUT2D eigenvalue weighted by molar-refractivity contribution is 6.11. The SMILES string of the molecule is CC(C(=O)c1ccnc(C(F)(F)F)c1)=C(O)c1ccnc(C(F)(F)F)c1. The average molecular weight is 376 g/mol. The molecule has 1 N–H and O–H groups in total. The second-order valence-electron chi connectivity index (χ2n) is 5.16. The van der Waals surface area contributed by atoms with E-state index in [1.807, 2.05) is 0 Å². The predicted molar refractivity (Wildman–Crippen MR) is 78.0 cm³/mol. The lowest BCUT2D eigenvalue weighted by Crippen LogP contribution is -2.11. The lowest BCUT2D eigenvalue weighted by Gasteiger charge is -2.10. The van der Waals surface area contributed by atoms with Gasteiger partial charge in [-0.25, -0.2) is 0 Å². The van der Waals surface area contributed by atoms with Gasteiger partial charge in [-0.05, 0) is 31.2 Å². The van der Waals surface area contributed by atoms with E-state index in [9.17, 15) is 36.2 Å². The molecule has 0 atom stereocenters. The minimum absolute atomic E-state index is 0.344. The number of hydrogen-bond donors (Lipinski definition) is 1. The van der Waals surface area contributed by atoms with Gasteiger partial charge in [0.2, 0.25) is 0 Å². The van der Waals surface area contributed by atoms with E-state index in [4.69, 9.17) is 0 Å². The number of carbonyl (C=O) groups excluding carboxylic acids is 1. The molecule has 10 heteroatoms. The number of nitrogens with zero attached hydrogens (tertiary/aromatic N) is 2. The van der Waals surface area contributed by atoms with Crippen LogP contribution < -0.4 is 0 Å². The Labute approximate surface area is 142 Å². The van der Waals surface area contributed by atoms with Crippen LogP contribution in [0.5, 0.6) is 0 Å². The van der Waals surface area contributed by atoms with E-state index in [0.717, 1.165) is 31.5 Å². The van der Waals surface area contributed by atoms with Crippen molar-refractivity contribution in [3.8, 4) is 0 Å². The van der Waals surface area contributed by atoms with Crippen LogP contribution in [-0.4, -0.2) is 20.9 Å². The van der Waals surface area contributed by atoms with E-state index in [1.165, 1.54) is 0 Å². The number of rotatable bonds is 3. The number of aliphatic hydroxyl groups excluding tert-OH is 1. The first kappa shape index (κ1) is 19.4. The van der Waals surface area contributed by atoms with Gasteiger partial charge in [-0.3, -0.25) is 14.8 Å². The highest BCUT2D eigenvalue weighted by Crippen LogP contribution is 2.31. The lowest BCUT2D eigenvalue weighted by atomic mass is 10.0. The van der Waals surface area contributed by atoms with E-state index in [-0.39, 0.29) is 5.56 Å². The first-order valence-electron chi connectivity index (χ1n) is 6.92. The molecule has 2 heterocycles. The quantitative estimate of drug-likeness (QED) is 0.366. The van der Waals surface area contributed by atoms with Gasteiger partial charge < -0.3 is 5.11 Å². The fourth-order valence-corrected chi connectivity index (χ4v) is 2.00. The number of pyridine rings is 2. The van der Waals surface area contributed by atoms with Gasteiger partial charge in [0.1, 0.15) is 17.1 Å². The van der Waals surface area contributed by atoms with Crippen molar-refractivity contribution < 1.29 is 36.2 Å². The fraction of sp³-hybridized carbons (Fsp3) is 0.188. The molecule has 2 aromatic rings. The van der Waals surface area contributed by atoms with Crippen molar-refractivity contribution in [1.29, 1.82) is 0 Å². The Morgan fingerprint density at radius 1 is 0.885 bits per heavy atom. The molecular weight excluding hydrogens is 366 g/mol. The largest absolute Gasteiger partial charge is 0.507 e. The van der Waals surface area contributed by atoms with Gasteiger partial charge in [0.15, 0.2) is 5.78 Å². The summed E-state index contributed by atoms with van der Waals surface area (Å²) < 4.78 is 76.0. The van der Waals surface area contributed by atoms with Gasteiger partial charge in [-0.2, -0.15) is 26.3 Å². The van der Waals surface area contributed by atoms with Gasteiger partial charge in [-0.15, -0.1) is 0 Å². The van der Waals surface area contributed by atoms with Crippen molar-refractivity contribution in [3.05, 3.63) is 64.7 Å². The molecule has 26 heavy (non-hydrogen) atoms. The second-order valence-corrected chi connectivity index (χ2v) is 5.16. The molecule has 0 spiro atoms. The maximum absolute atomic E-state index is 12.7. The normalized spacial score (nSPS) is 13.3. The molecule has 0 amide bonds. The van der Waals surface area contributed by atoms with Gasteiger partial charge in [0.25, 0.3) is 0 Å². The molecule has 2 aromatic heterocycles. The van der Waals surface area contributed by atoms with Gasteiger partial charge in [0, 0.05) is 29.1 Å². The maximum Gasteiger partial charge on any atom is 0.433 e. The van der Waals surface area contributed by atoms with Gasteiger partial charge in [-0.1, -0.05) is 0 Å². The third-order valence-corrected chi connectivity index (χ3v) is 3.33. The number of hydrogen-bond acceptors (Lipinski definition) is 4. The fourth-order valence-electron chi connectivity index (χ4n) is 2.00. The highest BCUT2D eigenvalue weighted by Gasteiger charge is 2.34. The zero-order valence-electron chi connectivity index (χ0n) is 13.0. The molecule has 0 saturated heterocycles. The Hall–Kier alpha value is -2.91. The first-order chi connectivity index (χ1) is 11.9. The average Bonchev–Trinajstić information content (AvgIpc) is 2.58. The minimum atomic E-state index is -4.78. The molecule has 4 nitrogen and oxygen atoms in total. The van der Waals surface area contributed by atoms with Crippen molar-refractivity contribution in [2.75, 3.05) is 0 Å². The van der Waals surface area contributed by atoms with E-state index in [2.05, 4.69) is 9.97 Å². The van der Waals surface area contributed by atoms with E-state index in [0.29, 0.717) is 12.1 Å². The first-order valence-corrected chi connectivity index (χ1v) is 6.92. The smallest absolute Gasteiger partial charge is 0.433 e. The number of halogens is 6. The van der Waals surface area contributed by atoms with Crippen LogP contribution in [0.1, 0.15) is 34.2 Å². The number of aliphatic hydroxyl groups is 1. The molecule has 0 fully saturated rings. The summed E-state index contributed by atoms with van der Waals surface area (Å²) in [6.45, 7) is 1.08. The number of carbonyl (C=O) groups is 1. The Kier molecular flexibility index (Phi) is 5.06. The number of Topliss-reactive ketones (excluding diaryl/α,β-unsaturated/α-hetero) is 1. The van der Waals surface area contributed by atoms with Gasteiger partial charge >= 0.3 is 12.4 Å². The molecule has 0 radical (unpaired) electrons. The summed E-state index contributed by atoms with van der Waals surface area (Å²) in [4.78, 5) is 18.5. The van der Waals surface area contributed by atoms with Crippen LogP contribution in [0.4, 0.5) is 26.3 Å². The number of ketones is 1. The second kappa shape index (κ2) is 6.77. The summed E-state index contributed by atoms with van der Waals surface area (Å²) in [5.41, 5.74) is -3.78. The van der Waals surface area contributed by atoms with Crippen LogP contribution in [0.2, 0.25) is 0 Å². The Morgan fingerprint density at radius 2 is 1.31 bits per heavy atom. The molecule has 0 aliphatic heterocycles. The number of aromatic nitrogens is 2. The molecular formula is C16H10F6N2O2. The monoisotopic (exact) mass is 376 g/mol. The zero-order valence-corrected chi connectivity index (χ0v) is 13.0. The summed E-state index contributed by atoms with van der Waals surface area (Å²) in [5, 5.41) is 10.1. The number of allylic oxidation sites excluding steroid dienone is 1. The topological polar surface area (TPSA) is 63.1 Å². The van der Waals surface area contributed by atoms with Crippen LogP contribution in [0, 0.1) is 0 Å². The third-order valence-electron chi connectivity index (χ3n) is 3.33. The summed E-state index contributed by atoms with van der Waals surface area (Å²) >= 11 is 0. The molecule has 0 unspecified atom stereocenters. The molecule has 2 rings (SSSR count). The summed E-state index contributed by atoms with van der Waals surface area (Å²) in [6.07, 6.45) is -7.97. The number of alkyl halides is 6. The van der Waals surface area contributed by atoms with Gasteiger partial charge in [0.05, 0.1) is 0 Å². The Morgan fingerprint density at radius 3 is 1.77 bits per heavy atom. The predicted octanol–water partition coefficient (Wildman–Crippen LogP) is 4.69. The van der Waals surface area contributed by atoms with Crippen LogP contribution in [0.25, 0.3) is 5.76 Å². The summed E-state index contributed by atoms with van der Waals surface area (Å²) in [7, 11) is 0. The van der Waals surface area contributed by atoms with E-state index in [1.54, 1.807) is 0 Å². The lowest BCUT2D eigenvalue weighted by molar-refractivity contribution is -0.142. The van der Waals surface area contributed by atoms with Crippen LogP contribution in [0.3, 0.4) is 0 Å². The molecule has 138 valence electrons. The van der Waals surface area contributed by atoms with Crippen molar-refractivity contribution in [3.63, 3.8) is 0 Å². The van der Waals surface area contributed by atoms with Crippen LogP contribution in [0.15, 0.2) is 42.2 Å². The molecule has 0 aliphatic carbocycles. The molecule has 0 saturated carbocycles. The molecule has 0 aliphatic rings. The Balaban J connectivity index is 2.44. The highest BCUT2D eigenvalue weighted by atomic mass is 19.4. The third kappa shape index (κ3) is 4.19. The van der Waals surface area contributed by atoms with Crippen LogP contribution in [-0.2, 0) is 12.4 Å². The zero-order chi connectivity index (χ0) is 19.7. The van der Waals surface area contributed by atoms with Crippen LogP contribution >= 0.6 is 0 Å². The minimum Gasteiger partial charge on any atom is -0.507 e.